The van der Waals surface area contributed by atoms with Gasteiger partial charge in [0.15, 0.2) is 0 Å². The van der Waals surface area contributed by atoms with Crippen LogP contribution in [0.4, 0.5) is 0 Å². The number of rotatable bonds is 5. The van der Waals surface area contributed by atoms with Gasteiger partial charge >= 0.3 is 0 Å². The molecule has 3 unspecified atom stereocenters. The predicted octanol–water partition coefficient (Wildman–Crippen LogP) is -2.37. The molecule has 11 heavy (non-hydrogen) atoms. The molecule has 0 rings (SSSR count). The van der Waals surface area contributed by atoms with Gasteiger partial charge in [0, 0.05) is 6.54 Å². The summed E-state index contributed by atoms with van der Waals surface area (Å²) >= 11 is 0. The fraction of sp³-hybridized carbons (Fsp3) is 1.00. The SMILES string of the molecule is CC(O)C(O)CNC(O)CO. The molecule has 0 amide bonds. The van der Waals surface area contributed by atoms with E-state index in [1.165, 1.54) is 6.92 Å². The summed E-state index contributed by atoms with van der Waals surface area (Å²) < 4.78 is 0. The van der Waals surface area contributed by atoms with Crippen LogP contribution in [0.15, 0.2) is 0 Å². The van der Waals surface area contributed by atoms with Gasteiger partial charge < -0.3 is 20.4 Å². The van der Waals surface area contributed by atoms with Crippen LogP contribution in [0.1, 0.15) is 6.92 Å². The van der Waals surface area contributed by atoms with Gasteiger partial charge in [-0.2, -0.15) is 0 Å². The van der Waals surface area contributed by atoms with Crippen molar-refractivity contribution in [3.63, 3.8) is 0 Å². The molecule has 0 aromatic heterocycles. The van der Waals surface area contributed by atoms with Crippen molar-refractivity contribution in [1.82, 2.24) is 5.32 Å². The average Bonchev–Trinajstić information content (AvgIpc) is 1.99. The van der Waals surface area contributed by atoms with Gasteiger partial charge in [-0.15, -0.1) is 0 Å². The molecular formula is C6H15NO4. The molecule has 5 nitrogen and oxygen atoms in total. The molecule has 3 atom stereocenters. The van der Waals surface area contributed by atoms with Crippen LogP contribution in [0.5, 0.6) is 0 Å². The van der Waals surface area contributed by atoms with Crippen molar-refractivity contribution in [2.45, 2.75) is 25.4 Å². The first-order chi connectivity index (χ1) is 5.07. The molecule has 0 aliphatic rings. The quantitative estimate of drug-likeness (QED) is 0.294. The molecule has 0 saturated heterocycles. The molecular weight excluding hydrogens is 150 g/mol. The second-order valence-corrected chi connectivity index (χ2v) is 2.41. The van der Waals surface area contributed by atoms with E-state index in [1.54, 1.807) is 0 Å². The minimum Gasteiger partial charge on any atom is -0.392 e. The van der Waals surface area contributed by atoms with E-state index in [1.807, 2.05) is 0 Å². The Morgan fingerprint density at radius 2 is 1.82 bits per heavy atom. The molecule has 0 fully saturated rings. The van der Waals surface area contributed by atoms with Crippen LogP contribution in [0, 0.1) is 0 Å². The lowest BCUT2D eigenvalue weighted by Crippen LogP contribution is -2.41. The second-order valence-electron chi connectivity index (χ2n) is 2.41. The van der Waals surface area contributed by atoms with Gasteiger partial charge in [0.1, 0.15) is 6.23 Å². The number of nitrogens with one attached hydrogen (secondary N) is 1. The lowest BCUT2D eigenvalue weighted by molar-refractivity contribution is 0.00909. The van der Waals surface area contributed by atoms with E-state index in [0.717, 1.165) is 0 Å². The molecule has 0 aliphatic heterocycles. The third-order valence-corrected chi connectivity index (χ3v) is 1.29. The molecule has 0 aliphatic carbocycles. The Morgan fingerprint density at radius 3 is 2.18 bits per heavy atom. The van der Waals surface area contributed by atoms with E-state index >= 15 is 0 Å². The maximum Gasteiger partial charge on any atom is 0.128 e. The molecule has 5 N–H and O–H groups in total. The third kappa shape index (κ3) is 5.11. The van der Waals surface area contributed by atoms with Crippen LogP contribution in [-0.2, 0) is 0 Å². The minimum absolute atomic E-state index is 0.0550. The lowest BCUT2D eigenvalue weighted by atomic mass is 10.2. The van der Waals surface area contributed by atoms with E-state index < -0.39 is 25.0 Å². The van der Waals surface area contributed by atoms with Gasteiger partial charge in [-0.1, -0.05) is 0 Å². The fourth-order valence-corrected chi connectivity index (χ4v) is 0.492. The van der Waals surface area contributed by atoms with Crippen LogP contribution in [0.3, 0.4) is 0 Å². The fourth-order valence-electron chi connectivity index (χ4n) is 0.492. The maximum atomic E-state index is 8.97. The normalized spacial score (nSPS) is 19.4. The van der Waals surface area contributed by atoms with Gasteiger partial charge in [0.25, 0.3) is 0 Å². The van der Waals surface area contributed by atoms with Crippen molar-refractivity contribution < 1.29 is 20.4 Å². The minimum atomic E-state index is -1.04. The summed E-state index contributed by atoms with van der Waals surface area (Å²) in [6.45, 7) is 1.09. The van der Waals surface area contributed by atoms with Gasteiger partial charge in [-0.3, -0.25) is 5.32 Å². The highest BCUT2D eigenvalue weighted by Crippen LogP contribution is 1.89. The second kappa shape index (κ2) is 5.45. The van der Waals surface area contributed by atoms with E-state index in [-0.39, 0.29) is 6.54 Å². The summed E-state index contributed by atoms with van der Waals surface area (Å²) in [5.41, 5.74) is 0. The van der Waals surface area contributed by atoms with Crippen LogP contribution in [0.25, 0.3) is 0 Å². The molecule has 5 heteroatoms. The van der Waals surface area contributed by atoms with Crippen molar-refractivity contribution in [2.75, 3.05) is 13.2 Å². The Labute approximate surface area is 65.3 Å². The highest BCUT2D eigenvalue weighted by molar-refractivity contribution is 4.65. The molecule has 0 bridgehead atoms. The monoisotopic (exact) mass is 165 g/mol. The summed E-state index contributed by atoms with van der Waals surface area (Å²) in [6, 6.07) is 0. The van der Waals surface area contributed by atoms with Crippen LogP contribution in [0.2, 0.25) is 0 Å². The first kappa shape index (κ1) is 10.8. The van der Waals surface area contributed by atoms with Gasteiger partial charge in [-0.25, -0.2) is 0 Å². The zero-order chi connectivity index (χ0) is 8.85. The summed E-state index contributed by atoms with van der Waals surface area (Å²) in [4.78, 5) is 0. The highest BCUT2D eigenvalue weighted by atomic mass is 16.3. The maximum absolute atomic E-state index is 8.97. The van der Waals surface area contributed by atoms with Crippen molar-refractivity contribution in [2.24, 2.45) is 0 Å². The first-order valence-corrected chi connectivity index (χ1v) is 3.46. The highest BCUT2D eigenvalue weighted by Gasteiger charge is 2.11. The zero-order valence-corrected chi connectivity index (χ0v) is 6.44. The Hall–Kier alpha value is -0.200. The average molecular weight is 165 g/mol. The molecule has 0 aromatic rings. The third-order valence-electron chi connectivity index (χ3n) is 1.29. The standard InChI is InChI=1S/C6H15NO4/c1-4(9)5(10)2-7-6(11)3-8/h4-11H,2-3H2,1H3. The summed E-state index contributed by atoms with van der Waals surface area (Å²) in [5, 5.41) is 37.2. The van der Waals surface area contributed by atoms with Crippen molar-refractivity contribution in [3.8, 4) is 0 Å². The van der Waals surface area contributed by atoms with Crippen LogP contribution < -0.4 is 5.32 Å². The van der Waals surface area contributed by atoms with Crippen molar-refractivity contribution in [1.29, 1.82) is 0 Å². The number of hydrogen-bond donors (Lipinski definition) is 5. The Balaban J connectivity index is 3.37. The van der Waals surface area contributed by atoms with E-state index in [2.05, 4.69) is 5.32 Å². The summed E-state index contributed by atoms with van der Waals surface area (Å²) in [6.07, 6.45) is -2.80. The number of aliphatic hydroxyl groups is 4. The smallest absolute Gasteiger partial charge is 0.128 e. The molecule has 68 valence electrons. The topological polar surface area (TPSA) is 93.0 Å². The molecule has 0 radical (unpaired) electrons. The summed E-state index contributed by atoms with van der Waals surface area (Å²) in [5.74, 6) is 0. The summed E-state index contributed by atoms with van der Waals surface area (Å²) in [7, 11) is 0. The molecule has 0 aromatic carbocycles. The zero-order valence-electron chi connectivity index (χ0n) is 6.44. The molecule has 0 heterocycles. The van der Waals surface area contributed by atoms with Gasteiger partial charge in [-0.05, 0) is 6.92 Å². The van der Waals surface area contributed by atoms with Crippen molar-refractivity contribution >= 4 is 0 Å². The van der Waals surface area contributed by atoms with Crippen LogP contribution >= 0.6 is 0 Å². The Kier molecular flexibility index (Phi) is 5.35. The van der Waals surface area contributed by atoms with Crippen molar-refractivity contribution in [3.05, 3.63) is 0 Å². The number of hydrogen-bond acceptors (Lipinski definition) is 5. The Bertz CT molecular complexity index is 98.6. The lowest BCUT2D eigenvalue weighted by Gasteiger charge is -2.16. The first-order valence-electron chi connectivity index (χ1n) is 3.46. The van der Waals surface area contributed by atoms with Crippen LogP contribution in [-0.4, -0.2) is 52.0 Å². The Morgan fingerprint density at radius 1 is 1.27 bits per heavy atom. The number of aliphatic hydroxyl groups excluding tert-OH is 4. The van der Waals surface area contributed by atoms with Gasteiger partial charge in [0.05, 0.1) is 18.8 Å². The molecule has 0 saturated carbocycles. The van der Waals surface area contributed by atoms with Gasteiger partial charge in [0.2, 0.25) is 0 Å². The largest absolute Gasteiger partial charge is 0.392 e. The van der Waals surface area contributed by atoms with E-state index in [4.69, 9.17) is 20.4 Å². The molecule has 0 spiro atoms. The predicted molar refractivity (Wildman–Crippen MR) is 38.8 cm³/mol. The van der Waals surface area contributed by atoms with E-state index in [9.17, 15) is 0 Å². The van der Waals surface area contributed by atoms with E-state index in [0.29, 0.717) is 0 Å².